The van der Waals surface area contributed by atoms with E-state index in [0.29, 0.717) is 5.91 Å². The van der Waals surface area contributed by atoms with Crippen molar-refractivity contribution in [3.05, 3.63) is 28.8 Å². The lowest BCUT2D eigenvalue weighted by Gasteiger charge is -2.57. The van der Waals surface area contributed by atoms with Crippen molar-refractivity contribution in [2.75, 3.05) is 31.1 Å². The summed E-state index contributed by atoms with van der Waals surface area (Å²) < 4.78 is 0. The van der Waals surface area contributed by atoms with Gasteiger partial charge in [-0.3, -0.25) is 4.79 Å². The summed E-state index contributed by atoms with van der Waals surface area (Å²) in [6.07, 6.45) is 7.71. The van der Waals surface area contributed by atoms with Crippen LogP contribution in [0.3, 0.4) is 0 Å². The summed E-state index contributed by atoms with van der Waals surface area (Å²) in [6, 6.07) is 6.10. The Morgan fingerprint density at radius 2 is 1.58 bits per heavy atom. The zero-order valence-electron chi connectivity index (χ0n) is 15.7. The Bertz CT molecular complexity index is 688. The summed E-state index contributed by atoms with van der Waals surface area (Å²) >= 11 is 6.20. The van der Waals surface area contributed by atoms with Crippen molar-refractivity contribution < 1.29 is 4.79 Å². The normalized spacial score (nSPS) is 35.8. The summed E-state index contributed by atoms with van der Waals surface area (Å²) in [5.74, 6) is 2.99. The third-order valence-corrected chi connectivity index (χ3v) is 7.81. The molecule has 0 atom stereocenters. The molecule has 6 rings (SSSR count). The molecule has 26 heavy (non-hydrogen) atoms. The van der Waals surface area contributed by atoms with E-state index in [1.165, 1.54) is 49.8 Å². The molecule has 5 aliphatic rings. The van der Waals surface area contributed by atoms with E-state index >= 15 is 0 Å². The van der Waals surface area contributed by atoms with Gasteiger partial charge in [0, 0.05) is 36.9 Å². The quantitative estimate of drug-likeness (QED) is 0.762. The van der Waals surface area contributed by atoms with E-state index in [1.807, 2.05) is 6.07 Å². The molecule has 0 radical (unpaired) electrons. The van der Waals surface area contributed by atoms with Crippen LogP contribution in [0.2, 0.25) is 5.02 Å². The smallest absolute Gasteiger partial charge is 0.228 e. The number of hydrogen-bond donors (Lipinski definition) is 0. The molecule has 1 aromatic rings. The fourth-order valence-electron chi connectivity index (χ4n) is 6.78. The first kappa shape index (κ1) is 16.9. The van der Waals surface area contributed by atoms with Gasteiger partial charge in [0.25, 0.3) is 0 Å². The van der Waals surface area contributed by atoms with Gasteiger partial charge in [0.15, 0.2) is 0 Å². The van der Waals surface area contributed by atoms with Crippen LogP contribution in [0.15, 0.2) is 18.2 Å². The Kier molecular flexibility index (Phi) is 4.00. The highest BCUT2D eigenvalue weighted by molar-refractivity contribution is 6.30. The van der Waals surface area contributed by atoms with Crippen molar-refractivity contribution in [1.29, 1.82) is 0 Å². The number of piperazine rings is 1. The highest BCUT2D eigenvalue weighted by Gasteiger charge is 2.55. The molecule has 4 saturated carbocycles. The third kappa shape index (κ3) is 2.74. The van der Waals surface area contributed by atoms with Gasteiger partial charge in [0.05, 0.1) is 5.41 Å². The minimum Gasteiger partial charge on any atom is -0.368 e. The van der Waals surface area contributed by atoms with Crippen LogP contribution in [0.1, 0.15) is 44.1 Å². The highest BCUT2D eigenvalue weighted by atomic mass is 35.5. The maximum Gasteiger partial charge on any atom is 0.228 e. The molecule has 0 N–H and O–H groups in total. The van der Waals surface area contributed by atoms with Crippen LogP contribution in [-0.4, -0.2) is 37.0 Å². The van der Waals surface area contributed by atoms with Crippen molar-refractivity contribution in [1.82, 2.24) is 4.90 Å². The van der Waals surface area contributed by atoms with Crippen molar-refractivity contribution >= 4 is 23.2 Å². The number of halogens is 1. The van der Waals surface area contributed by atoms with E-state index in [2.05, 4.69) is 28.9 Å². The Morgan fingerprint density at radius 3 is 2.15 bits per heavy atom. The first-order chi connectivity index (χ1) is 12.5. The number of carbonyl (C=O) groups is 1. The molecule has 1 heterocycles. The van der Waals surface area contributed by atoms with E-state index in [1.54, 1.807) is 0 Å². The minimum absolute atomic E-state index is 0.00287. The first-order valence-corrected chi connectivity index (χ1v) is 10.7. The van der Waals surface area contributed by atoms with Gasteiger partial charge in [0.1, 0.15) is 0 Å². The van der Waals surface area contributed by atoms with Crippen LogP contribution in [0.5, 0.6) is 0 Å². The molecule has 4 bridgehead atoms. The number of anilines is 1. The second kappa shape index (κ2) is 6.15. The molecule has 140 valence electrons. The molecule has 0 spiro atoms. The Labute approximate surface area is 161 Å². The summed E-state index contributed by atoms with van der Waals surface area (Å²) in [5, 5.41) is 0.790. The van der Waals surface area contributed by atoms with E-state index in [9.17, 15) is 4.79 Å². The molecular weight excluding hydrogens is 344 g/mol. The zero-order valence-corrected chi connectivity index (χ0v) is 16.5. The molecule has 0 aromatic heterocycles. The summed E-state index contributed by atoms with van der Waals surface area (Å²) in [6.45, 7) is 5.68. The fraction of sp³-hybridized carbons (Fsp3) is 0.682. The number of carbonyl (C=O) groups excluding carboxylic acids is 1. The maximum absolute atomic E-state index is 13.5. The second-order valence-electron chi connectivity index (χ2n) is 9.41. The summed E-state index contributed by atoms with van der Waals surface area (Å²) in [5.41, 5.74) is 2.48. The lowest BCUT2D eigenvalue weighted by Crippen LogP contribution is -2.58. The zero-order chi connectivity index (χ0) is 17.9. The van der Waals surface area contributed by atoms with Gasteiger partial charge < -0.3 is 9.80 Å². The lowest BCUT2D eigenvalue weighted by atomic mass is 9.49. The van der Waals surface area contributed by atoms with Crippen LogP contribution in [0.4, 0.5) is 5.69 Å². The van der Waals surface area contributed by atoms with Crippen LogP contribution < -0.4 is 4.90 Å². The van der Waals surface area contributed by atoms with Gasteiger partial charge in [-0.1, -0.05) is 17.7 Å². The minimum atomic E-state index is 0.00287. The molecule has 1 aromatic carbocycles. The number of amides is 1. The molecule has 1 aliphatic heterocycles. The Morgan fingerprint density at radius 1 is 1.00 bits per heavy atom. The number of rotatable bonds is 2. The van der Waals surface area contributed by atoms with Crippen LogP contribution in [-0.2, 0) is 4.79 Å². The summed E-state index contributed by atoms with van der Waals surface area (Å²) in [4.78, 5) is 18.1. The van der Waals surface area contributed by atoms with E-state index < -0.39 is 0 Å². The monoisotopic (exact) mass is 372 g/mol. The van der Waals surface area contributed by atoms with Crippen molar-refractivity contribution in [3.63, 3.8) is 0 Å². The van der Waals surface area contributed by atoms with E-state index in [4.69, 9.17) is 11.6 Å². The molecule has 5 fully saturated rings. The van der Waals surface area contributed by atoms with Gasteiger partial charge in [0.2, 0.25) is 5.91 Å². The number of benzene rings is 1. The average molecular weight is 373 g/mol. The second-order valence-corrected chi connectivity index (χ2v) is 9.84. The van der Waals surface area contributed by atoms with Gasteiger partial charge in [-0.15, -0.1) is 0 Å². The maximum atomic E-state index is 13.5. The van der Waals surface area contributed by atoms with E-state index in [-0.39, 0.29) is 5.41 Å². The molecule has 3 nitrogen and oxygen atoms in total. The molecule has 4 heteroatoms. The number of aryl methyl sites for hydroxylation is 1. The fourth-order valence-corrected chi connectivity index (χ4v) is 6.95. The third-order valence-electron chi connectivity index (χ3n) is 7.57. The molecule has 1 saturated heterocycles. The van der Waals surface area contributed by atoms with E-state index in [0.717, 1.165) is 49.0 Å². The predicted molar refractivity (Wildman–Crippen MR) is 106 cm³/mol. The SMILES string of the molecule is Cc1ccc(Cl)cc1N1CCN(C(=O)C23CC4CC(CC(C4)C2)C3)CC1. The highest BCUT2D eigenvalue weighted by Crippen LogP contribution is 2.60. The van der Waals surface area contributed by atoms with Crippen molar-refractivity contribution in [2.24, 2.45) is 23.2 Å². The molecule has 4 aliphatic carbocycles. The van der Waals surface area contributed by atoms with Gasteiger partial charge in [-0.05, 0) is 80.9 Å². The van der Waals surface area contributed by atoms with Gasteiger partial charge in [-0.25, -0.2) is 0 Å². The number of hydrogen-bond acceptors (Lipinski definition) is 2. The number of nitrogens with zero attached hydrogens (tertiary/aromatic N) is 2. The Hall–Kier alpha value is -1.22. The van der Waals surface area contributed by atoms with Crippen LogP contribution in [0.25, 0.3) is 0 Å². The van der Waals surface area contributed by atoms with Gasteiger partial charge >= 0.3 is 0 Å². The first-order valence-electron chi connectivity index (χ1n) is 10.3. The summed E-state index contributed by atoms with van der Waals surface area (Å²) in [7, 11) is 0. The van der Waals surface area contributed by atoms with Crippen LogP contribution in [0, 0.1) is 30.1 Å². The van der Waals surface area contributed by atoms with Crippen molar-refractivity contribution in [3.8, 4) is 0 Å². The Balaban J connectivity index is 1.28. The molecule has 0 unspecified atom stereocenters. The largest absolute Gasteiger partial charge is 0.368 e. The van der Waals surface area contributed by atoms with Crippen LogP contribution >= 0.6 is 11.6 Å². The molecular formula is C22H29ClN2O. The predicted octanol–water partition coefficient (Wildman–Crippen LogP) is 4.51. The van der Waals surface area contributed by atoms with Gasteiger partial charge in [-0.2, -0.15) is 0 Å². The average Bonchev–Trinajstić information content (AvgIpc) is 2.62. The molecule has 1 amide bonds. The van der Waals surface area contributed by atoms with Crippen molar-refractivity contribution in [2.45, 2.75) is 45.4 Å². The topological polar surface area (TPSA) is 23.6 Å². The standard InChI is InChI=1S/C22H29ClN2O/c1-15-2-3-19(23)11-20(15)24-4-6-25(7-5-24)21(26)22-12-16-8-17(13-22)10-18(9-16)14-22/h2-3,11,16-18H,4-10,12-14H2,1H3. The lowest BCUT2D eigenvalue weighted by molar-refractivity contribution is -0.158.